The number of hydrogen-bond acceptors (Lipinski definition) is 8. The number of nitrogens with zero attached hydrogens (tertiary/aromatic N) is 5. The first-order valence-corrected chi connectivity index (χ1v) is 7.15. The molecule has 0 saturated heterocycles. The maximum Gasteiger partial charge on any atom is 0.313 e. The summed E-state index contributed by atoms with van der Waals surface area (Å²) in [5, 5.41) is 19.4. The zero-order valence-electron chi connectivity index (χ0n) is 11.9. The predicted octanol–water partition coefficient (Wildman–Crippen LogP) is 1.38. The third-order valence-electron chi connectivity index (χ3n) is 2.67. The molecule has 2 rings (SSSR count). The Bertz CT molecular complexity index is 703. The van der Waals surface area contributed by atoms with Gasteiger partial charge < -0.3 is 9.30 Å². The minimum absolute atomic E-state index is 0.0117. The monoisotopic (exact) mass is 323 g/mol. The van der Waals surface area contributed by atoms with E-state index in [1.54, 1.807) is 18.5 Å². The smallest absolute Gasteiger partial charge is 0.313 e. The topological polar surface area (TPSA) is 113 Å². The fraction of sp³-hybridized carbons (Fsp3) is 0.333. The van der Waals surface area contributed by atoms with Crippen molar-refractivity contribution in [2.75, 3.05) is 6.61 Å². The minimum atomic E-state index is -0.509. The standard InChI is InChI=1S/C12H13N5O4S/c1-3-21-10(18)7-9-14-15-12(16(9)2)22-11-8(17(19)20)5-4-6-13-11/h4-6H,3,7H2,1-2H3. The summed E-state index contributed by atoms with van der Waals surface area (Å²) in [5.74, 6) is 0.0119. The molecule has 0 aliphatic carbocycles. The van der Waals surface area contributed by atoms with Gasteiger partial charge in [-0.05, 0) is 24.8 Å². The van der Waals surface area contributed by atoms with Gasteiger partial charge in [-0.2, -0.15) is 0 Å². The molecule has 0 aliphatic rings. The second-order valence-corrected chi connectivity index (χ2v) is 5.08. The molecule has 0 atom stereocenters. The number of rotatable bonds is 6. The molecule has 2 heterocycles. The number of nitro groups is 1. The van der Waals surface area contributed by atoms with E-state index in [4.69, 9.17) is 4.74 Å². The van der Waals surface area contributed by atoms with Crippen LogP contribution in [-0.2, 0) is 23.0 Å². The van der Waals surface area contributed by atoms with Crippen LogP contribution in [0.1, 0.15) is 12.7 Å². The van der Waals surface area contributed by atoms with Crippen LogP contribution in [0.4, 0.5) is 5.69 Å². The van der Waals surface area contributed by atoms with Crippen LogP contribution in [0.3, 0.4) is 0 Å². The van der Waals surface area contributed by atoms with E-state index in [0.717, 1.165) is 11.8 Å². The quantitative estimate of drug-likeness (QED) is 0.445. The van der Waals surface area contributed by atoms with Crippen molar-refractivity contribution in [3.05, 3.63) is 34.3 Å². The number of ether oxygens (including phenoxy) is 1. The van der Waals surface area contributed by atoms with E-state index in [0.29, 0.717) is 17.6 Å². The van der Waals surface area contributed by atoms with E-state index in [9.17, 15) is 14.9 Å². The number of pyridine rings is 1. The minimum Gasteiger partial charge on any atom is -0.466 e. The van der Waals surface area contributed by atoms with Gasteiger partial charge in [0, 0.05) is 19.3 Å². The first kappa shape index (κ1) is 15.9. The van der Waals surface area contributed by atoms with Crippen molar-refractivity contribution in [3.8, 4) is 0 Å². The average molecular weight is 323 g/mol. The zero-order chi connectivity index (χ0) is 16.1. The third-order valence-corrected chi connectivity index (χ3v) is 3.71. The first-order chi connectivity index (χ1) is 10.5. The first-order valence-electron chi connectivity index (χ1n) is 6.34. The fourth-order valence-corrected chi connectivity index (χ4v) is 2.47. The number of aromatic nitrogens is 4. The number of esters is 1. The molecule has 0 radical (unpaired) electrons. The lowest BCUT2D eigenvalue weighted by Gasteiger charge is -2.03. The highest BCUT2D eigenvalue weighted by Gasteiger charge is 2.20. The molecule has 2 aromatic heterocycles. The highest BCUT2D eigenvalue weighted by molar-refractivity contribution is 7.99. The van der Waals surface area contributed by atoms with Crippen LogP contribution in [-0.4, -0.2) is 37.2 Å². The molecule has 2 aromatic rings. The largest absolute Gasteiger partial charge is 0.466 e. The van der Waals surface area contributed by atoms with Crippen LogP contribution in [0, 0.1) is 10.1 Å². The Kier molecular flexibility index (Phi) is 5.04. The van der Waals surface area contributed by atoms with E-state index in [1.165, 1.54) is 18.3 Å². The van der Waals surface area contributed by atoms with Gasteiger partial charge in [-0.3, -0.25) is 14.9 Å². The van der Waals surface area contributed by atoms with Gasteiger partial charge in [0.25, 0.3) is 0 Å². The summed E-state index contributed by atoms with van der Waals surface area (Å²) in [5.41, 5.74) is -0.109. The Labute approximate surface area is 129 Å². The maximum absolute atomic E-state index is 11.5. The summed E-state index contributed by atoms with van der Waals surface area (Å²) in [6, 6.07) is 2.86. The summed E-state index contributed by atoms with van der Waals surface area (Å²) in [6.45, 7) is 2.01. The lowest BCUT2D eigenvalue weighted by Crippen LogP contribution is -2.11. The lowest BCUT2D eigenvalue weighted by molar-refractivity contribution is -0.388. The molecule has 116 valence electrons. The molecule has 10 heteroatoms. The van der Waals surface area contributed by atoms with Gasteiger partial charge in [-0.15, -0.1) is 10.2 Å². The van der Waals surface area contributed by atoms with Gasteiger partial charge in [-0.25, -0.2) is 4.98 Å². The third kappa shape index (κ3) is 3.58. The second kappa shape index (κ2) is 6.98. The van der Waals surface area contributed by atoms with Crippen LogP contribution >= 0.6 is 11.8 Å². The molecule has 0 N–H and O–H groups in total. The summed E-state index contributed by atoms with van der Waals surface area (Å²) < 4.78 is 6.43. The molecule has 9 nitrogen and oxygen atoms in total. The molecule has 0 aliphatic heterocycles. The van der Waals surface area contributed by atoms with Gasteiger partial charge in [0.15, 0.2) is 10.2 Å². The van der Waals surface area contributed by atoms with Crippen molar-refractivity contribution >= 4 is 23.4 Å². The Morgan fingerprint density at radius 3 is 2.95 bits per heavy atom. The summed E-state index contributed by atoms with van der Waals surface area (Å²) in [4.78, 5) is 25.9. The van der Waals surface area contributed by atoms with Crippen molar-refractivity contribution in [2.45, 2.75) is 23.5 Å². The van der Waals surface area contributed by atoms with E-state index in [1.807, 2.05) is 0 Å². The van der Waals surface area contributed by atoms with E-state index < -0.39 is 10.9 Å². The molecule has 0 amide bonds. The maximum atomic E-state index is 11.5. The van der Waals surface area contributed by atoms with E-state index in [2.05, 4.69) is 15.2 Å². The molecule has 0 bridgehead atoms. The van der Waals surface area contributed by atoms with Crippen LogP contribution in [0.25, 0.3) is 0 Å². The predicted molar refractivity (Wildman–Crippen MR) is 76.4 cm³/mol. The van der Waals surface area contributed by atoms with Crippen molar-refractivity contribution in [1.82, 2.24) is 19.7 Å². The molecule has 0 aromatic carbocycles. The molecule has 0 fully saturated rings. The number of carbonyl (C=O) groups excluding carboxylic acids is 1. The van der Waals surface area contributed by atoms with Crippen molar-refractivity contribution in [1.29, 1.82) is 0 Å². The Morgan fingerprint density at radius 1 is 1.50 bits per heavy atom. The molecule has 22 heavy (non-hydrogen) atoms. The second-order valence-electron chi connectivity index (χ2n) is 4.13. The van der Waals surface area contributed by atoms with Crippen LogP contribution in [0.2, 0.25) is 0 Å². The van der Waals surface area contributed by atoms with Crippen molar-refractivity contribution < 1.29 is 14.5 Å². The summed E-state index contributed by atoms with van der Waals surface area (Å²) in [6.07, 6.45) is 1.45. The number of carbonyl (C=O) groups is 1. The molecular formula is C12H13N5O4S. The highest BCUT2D eigenvalue weighted by atomic mass is 32.2. The molecule has 0 spiro atoms. The normalized spacial score (nSPS) is 10.5. The molecule has 0 saturated carbocycles. The highest BCUT2D eigenvalue weighted by Crippen LogP contribution is 2.31. The Balaban J connectivity index is 2.20. The van der Waals surface area contributed by atoms with E-state index in [-0.39, 0.29) is 17.1 Å². The van der Waals surface area contributed by atoms with Crippen LogP contribution in [0.15, 0.2) is 28.5 Å². The summed E-state index contributed by atoms with van der Waals surface area (Å²) >= 11 is 1.01. The average Bonchev–Trinajstić information content (AvgIpc) is 2.81. The fourth-order valence-electron chi connectivity index (χ4n) is 1.62. The Morgan fingerprint density at radius 2 is 2.27 bits per heavy atom. The zero-order valence-corrected chi connectivity index (χ0v) is 12.7. The number of hydrogen-bond donors (Lipinski definition) is 0. The van der Waals surface area contributed by atoms with Crippen molar-refractivity contribution in [3.63, 3.8) is 0 Å². The molecular weight excluding hydrogens is 310 g/mol. The van der Waals surface area contributed by atoms with Gasteiger partial charge >= 0.3 is 11.7 Å². The lowest BCUT2D eigenvalue weighted by atomic mass is 10.4. The summed E-state index contributed by atoms with van der Waals surface area (Å²) in [7, 11) is 1.67. The van der Waals surface area contributed by atoms with Crippen LogP contribution in [0.5, 0.6) is 0 Å². The van der Waals surface area contributed by atoms with Crippen molar-refractivity contribution in [2.24, 2.45) is 7.05 Å². The van der Waals surface area contributed by atoms with Gasteiger partial charge in [-0.1, -0.05) is 0 Å². The van der Waals surface area contributed by atoms with Gasteiger partial charge in [0.1, 0.15) is 12.2 Å². The molecule has 0 unspecified atom stereocenters. The SMILES string of the molecule is CCOC(=O)Cc1nnc(Sc2ncccc2[N+](=O)[O-])n1C. The Hall–Kier alpha value is -2.49. The van der Waals surface area contributed by atoms with Crippen LogP contribution < -0.4 is 0 Å². The van der Waals surface area contributed by atoms with E-state index >= 15 is 0 Å². The van der Waals surface area contributed by atoms with Gasteiger partial charge in [0.05, 0.1) is 11.5 Å². The van der Waals surface area contributed by atoms with Gasteiger partial charge in [0.2, 0.25) is 0 Å².